The number of hydrogen-bond donors (Lipinski definition) is 3. The van der Waals surface area contributed by atoms with E-state index in [-0.39, 0.29) is 16.8 Å². The summed E-state index contributed by atoms with van der Waals surface area (Å²) in [5.74, 6) is 0.332. The van der Waals surface area contributed by atoms with Crippen LogP contribution in [0.5, 0.6) is 0 Å². The molecule has 0 saturated heterocycles. The minimum Gasteiger partial charge on any atom is -0.369 e. The lowest BCUT2D eigenvalue weighted by molar-refractivity contribution is 0.305. The number of hydrogen-bond acceptors (Lipinski definition) is 9. The quantitative estimate of drug-likeness (QED) is 0.497. The Morgan fingerprint density at radius 3 is 2.53 bits per heavy atom. The molecule has 2 aliphatic rings. The molecule has 2 heterocycles. The third-order valence-corrected chi connectivity index (χ3v) is 7.80. The van der Waals surface area contributed by atoms with Crippen LogP contribution in [0.15, 0.2) is 57.3 Å². The molecule has 0 radical (unpaired) electrons. The van der Waals surface area contributed by atoms with Crippen molar-refractivity contribution in [1.82, 2.24) is 4.98 Å². The van der Waals surface area contributed by atoms with Crippen LogP contribution < -0.4 is 16.4 Å². The third kappa shape index (κ3) is 3.51. The Morgan fingerprint density at radius 2 is 1.81 bits per heavy atom. The molecule has 166 valence electrons. The third-order valence-electron chi connectivity index (χ3n) is 5.88. The molecule has 32 heavy (non-hydrogen) atoms. The lowest BCUT2D eigenvalue weighted by Gasteiger charge is -2.46. The Bertz CT molecular complexity index is 1340. The Hall–Kier alpha value is -3.02. The highest BCUT2D eigenvalue weighted by atomic mass is 32.2. The summed E-state index contributed by atoms with van der Waals surface area (Å²) < 4.78 is 34.5. The number of nitrogens with two attached hydrogens (primary N) is 2. The largest absolute Gasteiger partial charge is 0.369 e. The van der Waals surface area contributed by atoms with Gasteiger partial charge in [0.05, 0.1) is 20.8 Å². The summed E-state index contributed by atoms with van der Waals surface area (Å²) in [5, 5.41) is 0.605. The fraction of sp³-hybridized carbons (Fsp3) is 0.286. The van der Waals surface area contributed by atoms with E-state index in [2.05, 4.69) is 4.99 Å². The van der Waals surface area contributed by atoms with Gasteiger partial charge in [-0.15, -0.1) is 11.3 Å². The van der Waals surface area contributed by atoms with Gasteiger partial charge in [0.25, 0.3) is 10.1 Å². The van der Waals surface area contributed by atoms with E-state index >= 15 is 0 Å². The molecule has 5 rings (SSSR count). The second-order valence-electron chi connectivity index (χ2n) is 7.96. The minimum atomic E-state index is -4.42. The van der Waals surface area contributed by atoms with Gasteiger partial charge < -0.3 is 11.5 Å². The molecule has 5 N–H and O–H groups in total. The Kier molecular flexibility index (Phi) is 4.91. The van der Waals surface area contributed by atoms with Crippen molar-refractivity contribution in [3.8, 4) is 10.6 Å². The lowest BCUT2D eigenvalue weighted by atomic mass is 9.87. The number of fused-ring (bicyclic) bond motifs is 1. The van der Waals surface area contributed by atoms with Crippen molar-refractivity contribution in [2.24, 2.45) is 21.5 Å². The molecular weight excluding hydrogens is 448 g/mol. The van der Waals surface area contributed by atoms with E-state index < -0.39 is 15.8 Å². The molecule has 1 aromatic heterocycles. The van der Waals surface area contributed by atoms with Crippen LogP contribution in [0, 0.1) is 0 Å². The molecule has 2 aromatic carbocycles. The number of guanidine groups is 2. The summed E-state index contributed by atoms with van der Waals surface area (Å²) in [6.07, 6.45) is 4.49. The molecule has 0 unspecified atom stereocenters. The monoisotopic (exact) mass is 470 g/mol. The molecule has 1 spiro atoms. The van der Waals surface area contributed by atoms with E-state index in [0.29, 0.717) is 16.3 Å². The average molecular weight is 471 g/mol. The van der Waals surface area contributed by atoms with Crippen LogP contribution in [0.3, 0.4) is 0 Å². The van der Waals surface area contributed by atoms with Crippen molar-refractivity contribution in [3.63, 3.8) is 0 Å². The molecule has 0 bridgehead atoms. The van der Waals surface area contributed by atoms with Gasteiger partial charge in [0, 0.05) is 5.56 Å². The molecule has 3 aromatic rings. The van der Waals surface area contributed by atoms with Gasteiger partial charge in [0.15, 0.2) is 0 Å². The van der Waals surface area contributed by atoms with E-state index in [0.717, 1.165) is 42.3 Å². The minimum absolute atomic E-state index is 0.136. The number of rotatable bonds is 3. The predicted octanol–water partition coefficient (Wildman–Crippen LogP) is 3.32. The van der Waals surface area contributed by atoms with E-state index in [1.165, 1.54) is 23.5 Å². The number of aromatic nitrogens is 1. The van der Waals surface area contributed by atoms with Crippen LogP contribution in [0.2, 0.25) is 0 Å². The highest BCUT2D eigenvalue weighted by Crippen LogP contribution is 2.44. The van der Waals surface area contributed by atoms with Crippen LogP contribution in [0.25, 0.3) is 20.8 Å². The van der Waals surface area contributed by atoms with Crippen LogP contribution in [-0.4, -0.2) is 35.5 Å². The van der Waals surface area contributed by atoms with Gasteiger partial charge in [-0.2, -0.15) is 13.4 Å². The zero-order valence-corrected chi connectivity index (χ0v) is 18.7. The first-order valence-corrected chi connectivity index (χ1v) is 12.5. The van der Waals surface area contributed by atoms with Gasteiger partial charge in [-0.25, -0.2) is 9.98 Å². The van der Waals surface area contributed by atoms with Gasteiger partial charge in [-0.1, -0.05) is 18.6 Å². The smallest absolute Gasteiger partial charge is 0.294 e. The SMILES string of the molecule is NC1=NC2(CCCCC2)N(c2ccc(S(=O)(=O)O)cc2-c2nc3ccccc3s2)C(N)=N1. The molecule has 1 saturated carbocycles. The molecule has 11 heteroatoms. The summed E-state index contributed by atoms with van der Waals surface area (Å²) in [7, 11) is -4.42. The van der Waals surface area contributed by atoms with Crippen molar-refractivity contribution in [3.05, 3.63) is 42.5 Å². The van der Waals surface area contributed by atoms with Crippen molar-refractivity contribution in [1.29, 1.82) is 0 Å². The molecule has 1 aliphatic heterocycles. The number of thiazole rings is 1. The fourth-order valence-corrected chi connectivity index (χ4v) is 6.00. The maximum Gasteiger partial charge on any atom is 0.294 e. The summed E-state index contributed by atoms with van der Waals surface area (Å²) in [4.78, 5) is 15.2. The summed E-state index contributed by atoms with van der Waals surface area (Å²) >= 11 is 1.43. The second-order valence-corrected chi connectivity index (χ2v) is 10.4. The van der Waals surface area contributed by atoms with Crippen molar-refractivity contribution in [2.45, 2.75) is 42.7 Å². The normalized spacial score (nSPS) is 18.6. The van der Waals surface area contributed by atoms with Crippen LogP contribution in [-0.2, 0) is 10.1 Å². The van der Waals surface area contributed by atoms with Crippen molar-refractivity contribution < 1.29 is 13.0 Å². The van der Waals surface area contributed by atoms with E-state index in [4.69, 9.17) is 21.4 Å². The summed E-state index contributed by atoms with van der Waals surface area (Å²) in [6.45, 7) is 0. The van der Waals surface area contributed by atoms with Gasteiger partial charge in [-0.3, -0.25) is 9.45 Å². The number of aliphatic imine (C=N–C) groups is 2. The number of nitrogens with zero attached hydrogens (tertiary/aromatic N) is 4. The van der Waals surface area contributed by atoms with Gasteiger partial charge in [0.1, 0.15) is 10.7 Å². The molecule has 1 fully saturated rings. The molecular formula is C21H22N6O3S2. The van der Waals surface area contributed by atoms with Crippen molar-refractivity contribution in [2.75, 3.05) is 4.90 Å². The van der Waals surface area contributed by atoms with Crippen LogP contribution in [0.1, 0.15) is 32.1 Å². The van der Waals surface area contributed by atoms with Crippen LogP contribution >= 0.6 is 11.3 Å². The van der Waals surface area contributed by atoms with Crippen molar-refractivity contribution >= 4 is 49.3 Å². The molecule has 0 amide bonds. The highest BCUT2D eigenvalue weighted by Gasteiger charge is 2.43. The zero-order valence-electron chi connectivity index (χ0n) is 17.1. The van der Waals surface area contributed by atoms with Gasteiger partial charge in [-0.05, 0) is 56.0 Å². The first-order valence-electron chi connectivity index (χ1n) is 10.2. The van der Waals surface area contributed by atoms with Gasteiger partial charge in [0.2, 0.25) is 11.9 Å². The Morgan fingerprint density at radius 1 is 1.06 bits per heavy atom. The van der Waals surface area contributed by atoms with E-state index in [1.807, 2.05) is 29.2 Å². The lowest BCUT2D eigenvalue weighted by Crippen LogP contribution is -2.58. The zero-order chi connectivity index (χ0) is 22.5. The molecule has 0 atom stereocenters. The van der Waals surface area contributed by atoms with E-state index in [1.54, 1.807) is 6.07 Å². The maximum absolute atomic E-state index is 11.9. The Labute approximate surface area is 189 Å². The molecule has 1 aliphatic carbocycles. The Balaban J connectivity index is 1.75. The number of anilines is 1. The first-order chi connectivity index (χ1) is 15.3. The fourth-order valence-electron chi connectivity index (χ4n) is 4.50. The first kappa shape index (κ1) is 20.9. The standard InChI is InChI=1S/C21H22N6O3S2/c22-19-25-20(23)27(21(26-19)10-4-1-5-11-21)16-9-8-13(32(28,29)30)12-14(16)18-24-15-6-2-3-7-17(15)31-18/h2-3,6-9,12H,1,4-5,10-11H2,(H,28,29,30)(H4,22,23,25,26). The maximum atomic E-state index is 11.9. The average Bonchev–Trinajstić information content (AvgIpc) is 3.17. The molecule has 9 nitrogen and oxygen atoms in total. The second kappa shape index (κ2) is 7.54. The van der Waals surface area contributed by atoms with Crippen LogP contribution in [0.4, 0.5) is 5.69 Å². The number of para-hydroxylation sites is 1. The number of benzene rings is 2. The predicted molar refractivity (Wildman–Crippen MR) is 126 cm³/mol. The topological polar surface area (TPSA) is 147 Å². The summed E-state index contributed by atoms with van der Waals surface area (Å²) in [6, 6.07) is 12.1. The summed E-state index contributed by atoms with van der Waals surface area (Å²) in [5.41, 5.74) is 13.6. The van der Waals surface area contributed by atoms with E-state index in [9.17, 15) is 13.0 Å². The van der Waals surface area contributed by atoms with Gasteiger partial charge >= 0.3 is 0 Å². The highest BCUT2D eigenvalue weighted by molar-refractivity contribution is 7.85.